The quantitative estimate of drug-likeness (QED) is 0.372. The first-order valence-corrected chi connectivity index (χ1v) is 10.9. The van der Waals surface area contributed by atoms with Gasteiger partial charge in [-0.2, -0.15) is 0 Å². The number of para-hydroxylation sites is 1. The van der Waals surface area contributed by atoms with Gasteiger partial charge in [0.1, 0.15) is 5.01 Å². The maximum absolute atomic E-state index is 12.6. The third-order valence-electron chi connectivity index (χ3n) is 4.95. The monoisotopic (exact) mass is 451 g/mol. The fourth-order valence-corrected chi connectivity index (χ4v) is 5.06. The Bertz CT molecular complexity index is 1270. The number of fused-ring (bicyclic) bond motifs is 1. The fraction of sp³-hybridized carbons (Fsp3) is 0.0435. The highest BCUT2D eigenvalue weighted by Gasteiger charge is 2.33. The van der Waals surface area contributed by atoms with E-state index in [2.05, 4.69) is 10.6 Å². The second-order valence-electron chi connectivity index (χ2n) is 6.82. The summed E-state index contributed by atoms with van der Waals surface area (Å²) in [5.41, 5.74) is 4.09. The Morgan fingerprint density at radius 3 is 2.47 bits per heavy atom. The third-order valence-corrected chi connectivity index (χ3v) is 6.85. The van der Waals surface area contributed by atoms with Crippen LogP contribution in [0.3, 0.4) is 0 Å². The van der Waals surface area contributed by atoms with E-state index in [1.807, 2.05) is 66.7 Å². The average Bonchev–Trinajstić information content (AvgIpc) is 3.19. The van der Waals surface area contributed by atoms with Gasteiger partial charge in [0.15, 0.2) is 0 Å². The van der Waals surface area contributed by atoms with Gasteiger partial charge >= 0.3 is 6.03 Å². The Morgan fingerprint density at radius 1 is 0.900 bits per heavy atom. The van der Waals surface area contributed by atoms with Crippen LogP contribution in [0.25, 0.3) is 21.5 Å². The molecular formula is C23H15Cl2N3OS. The molecule has 4 nitrogen and oxygen atoms in total. The first kappa shape index (κ1) is 19.1. The molecule has 2 heterocycles. The van der Waals surface area contributed by atoms with E-state index < -0.39 is 6.04 Å². The van der Waals surface area contributed by atoms with Crippen LogP contribution in [-0.4, -0.2) is 11.0 Å². The van der Waals surface area contributed by atoms with E-state index >= 15 is 0 Å². The van der Waals surface area contributed by atoms with Crippen molar-refractivity contribution in [2.45, 2.75) is 6.04 Å². The van der Waals surface area contributed by atoms with Crippen LogP contribution in [0.1, 0.15) is 22.2 Å². The van der Waals surface area contributed by atoms with E-state index in [1.165, 1.54) is 0 Å². The Balaban J connectivity index is 1.80. The lowest BCUT2D eigenvalue weighted by molar-refractivity contribution is 0.242. The van der Waals surface area contributed by atoms with Crippen molar-refractivity contribution >= 4 is 62.1 Å². The Hall–Kier alpha value is -2.86. The molecule has 0 radical (unpaired) electrons. The minimum atomic E-state index is -0.499. The Morgan fingerprint density at radius 2 is 1.67 bits per heavy atom. The molecule has 0 unspecified atom stereocenters. The van der Waals surface area contributed by atoms with Gasteiger partial charge in [-0.25, -0.2) is 9.78 Å². The van der Waals surface area contributed by atoms with Crippen LogP contribution in [0.15, 0.2) is 72.8 Å². The number of amides is 2. The van der Waals surface area contributed by atoms with Crippen molar-refractivity contribution in [3.05, 3.63) is 99.0 Å². The number of carbonyl (C=O) groups is 1. The minimum Gasteiger partial charge on any atom is -0.327 e. The molecule has 7 heteroatoms. The molecule has 1 atom stereocenters. The zero-order valence-corrected chi connectivity index (χ0v) is 17.9. The Kier molecular flexibility index (Phi) is 4.95. The van der Waals surface area contributed by atoms with Crippen LogP contribution in [0.2, 0.25) is 10.0 Å². The van der Waals surface area contributed by atoms with Crippen molar-refractivity contribution in [3.63, 3.8) is 0 Å². The predicted octanol–water partition coefficient (Wildman–Crippen LogP) is 6.53. The van der Waals surface area contributed by atoms with Gasteiger partial charge < -0.3 is 10.6 Å². The summed E-state index contributed by atoms with van der Waals surface area (Å²) in [5, 5.41) is 7.65. The van der Waals surface area contributed by atoms with Gasteiger partial charge in [0.05, 0.1) is 32.0 Å². The van der Waals surface area contributed by atoms with E-state index in [4.69, 9.17) is 28.2 Å². The van der Waals surface area contributed by atoms with Crippen LogP contribution in [0.5, 0.6) is 0 Å². The molecule has 0 spiro atoms. The van der Waals surface area contributed by atoms with Crippen molar-refractivity contribution in [2.24, 2.45) is 0 Å². The van der Waals surface area contributed by atoms with Gasteiger partial charge in [-0.15, -0.1) is 11.3 Å². The largest absolute Gasteiger partial charge is 0.327 e. The van der Waals surface area contributed by atoms with Gasteiger partial charge in [-0.05, 0) is 29.3 Å². The van der Waals surface area contributed by atoms with Crippen molar-refractivity contribution < 1.29 is 4.79 Å². The highest BCUT2D eigenvalue weighted by Crippen LogP contribution is 2.43. The molecule has 1 aliphatic rings. The number of rotatable bonds is 3. The lowest BCUT2D eigenvalue weighted by atomic mass is 9.93. The summed E-state index contributed by atoms with van der Waals surface area (Å²) in [6, 6.07) is 22.3. The lowest BCUT2D eigenvalue weighted by Gasteiger charge is -2.30. The normalized spacial score (nSPS) is 16.5. The highest BCUT2D eigenvalue weighted by molar-refractivity contribution is 7.19. The molecule has 0 fully saturated rings. The van der Waals surface area contributed by atoms with E-state index in [9.17, 15) is 4.79 Å². The molecule has 2 N–H and O–H groups in total. The molecule has 0 aliphatic carbocycles. The third kappa shape index (κ3) is 3.35. The van der Waals surface area contributed by atoms with Crippen molar-refractivity contribution in [3.8, 4) is 0 Å². The number of hydrogen-bond acceptors (Lipinski definition) is 3. The van der Waals surface area contributed by atoms with Gasteiger partial charge in [-0.3, -0.25) is 0 Å². The molecular weight excluding hydrogens is 437 g/mol. The molecule has 5 rings (SSSR count). The molecule has 0 saturated heterocycles. The molecule has 148 valence electrons. The molecule has 0 bridgehead atoms. The van der Waals surface area contributed by atoms with Gasteiger partial charge in [-0.1, -0.05) is 77.8 Å². The first-order chi connectivity index (χ1) is 14.6. The maximum Gasteiger partial charge on any atom is 0.320 e. The summed E-state index contributed by atoms with van der Waals surface area (Å²) < 4.78 is 1.07. The number of nitrogens with zero attached hydrogens (tertiary/aromatic N) is 1. The predicted molar refractivity (Wildman–Crippen MR) is 124 cm³/mol. The summed E-state index contributed by atoms with van der Waals surface area (Å²) >= 11 is 14.4. The molecule has 0 saturated carbocycles. The van der Waals surface area contributed by atoms with Crippen molar-refractivity contribution in [1.29, 1.82) is 0 Å². The highest BCUT2D eigenvalue weighted by atomic mass is 35.5. The zero-order chi connectivity index (χ0) is 20.7. The number of benzene rings is 3. The molecule has 1 aromatic heterocycles. The van der Waals surface area contributed by atoms with Gasteiger partial charge in [0.2, 0.25) is 0 Å². The molecule has 3 aromatic carbocycles. The zero-order valence-electron chi connectivity index (χ0n) is 15.5. The fourth-order valence-electron chi connectivity index (χ4n) is 3.59. The Labute approximate surface area is 187 Å². The van der Waals surface area contributed by atoms with Crippen LogP contribution in [0.4, 0.5) is 4.79 Å². The van der Waals surface area contributed by atoms with E-state index in [-0.39, 0.29) is 6.03 Å². The SMILES string of the molecule is O=C1NC(c2ccccc2)=C(c2nc3ccccc3s2)[C@H](c2cccc(Cl)c2Cl)N1. The summed E-state index contributed by atoms with van der Waals surface area (Å²) in [5.74, 6) is 0. The number of thiazole rings is 1. The lowest BCUT2D eigenvalue weighted by Crippen LogP contribution is -2.43. The van der Waals surface area contributed by atoms with Crippen molar-refractivity contribution in [1.82, 2.24) is 15.6 Å². The van der Waals surface area contributed by atoms with Crippen LogP contribution in [-0.2, 0) is 0 Å². The van der Waals surface area contributed by atoms with E-state index in [1.54, 1.807) is 17.4 Å². The summed E-state index contributed by atoms with van der Waals surface area (Å²) in [6.07, 6.45) is 0. The molecule has 1 aliphatic heterocycles. The van der Waals surface area contributed by atoms with Gasteiger partial charge in [0.25, 0.3) is 0 Å². The standard InChI is InChI=1S/C23H15Cl2N3OS/c24-15-10-6-9-14(19(15)25)21-18(22-26-16-11-4-5-12-17(16)30-22)20(27-23(29)28-21)13-7-2-1-3-8-13/h1-12,21H,(H2,27,28,29)/t21-/m0/s1. The maximum atomic E-state index is 12.6. The smallest absolute Gasteiger partial charge is 0.320 e. The van der Waals surface area contributed by atoms with Crippen LogP contribution >= 0.6 is 34.5 Å². The topological polar surface area (TPSA) is 54.0 Å². The van der Waals surface area contributed by atoms with Crippen LogP contribution in [0, 0.1) is 0 Å². The number of aromatic nitrogens is 1. The average molecular weight is 452 g/mol. The van der Waals surface area contributed by atoms with Gasteiger partial charge in [0, 0.05) is 5.57 Å². The second-order valence-corrected chi connectivity index (χ2v) is 8.63. The summed E-state index contributed by atoms with van der Waals surface area (Å²) in [4.78, 5) is 17.5. The van der Waals surface area contributed by atoms with Crippen molar-refractivity contribution in [2.75, 3.05) is 0 Å². The van der Waals surface area contributed by atoms with E-state index in [0.717, 1.165) is 31.9 Å². The number of hydrogen-bond donors (Lipinski definition) is 2. The van der Waals surface area contributed by atoms with Crippen LogP contribution < -0.4 is 10.6 Å². The molecule has 2 amide bonds. The number of carbonyl (C=O) groups excluding carboxylic acids is 1. The summed E-state index contributed by atoms with van der Waals surface area (Å²) in [6.45, 7) is 0. The number of halogens is 2. The van der Waals surface area contributed by atoms with E-state index in [0.29, 0.717) is 15.7 Å². The molecule has 4 aromatic rings. The number of nitrogens with one attached hydrogen (secondary N) is 2. The molecule has 30 heavy (non-hydrogen) atoms. The second kappa shape index (κ2) is 7.76. The summed E-state index contributed by atoms with van der Waals surface area (Å²) in [7, 11) is 0. The minimum absolute atomic E-state index is 0.306. The number of urea groups is 1. The first-order valence-electron chi connectivity index (χ1n) is 9.29.